The second-order valence-electron chi connectivity index (χ2n) is 7.03. The quantitative estimate of drug-likeness (QED) is 0.452. The third-order valence-corrected chi connectivity index (χ3v) is 5.24. The van der Waals surface area contributed by atoms with Crippen molar-refractivity contribution in [3.8, 4) is 22.4 Å². The molecule has 0 aliphatic rings. The summed E-state index contributed by atoms with van der Waals surface area (Å²) >= 11 is 0. The van der Waals surface area contributed by atoms with Crippen LogP contribution in [0, 0.1) is 20.8 Å². The molecule has 0 bridgehead atoms. The van der Waals surface area contributed by atoms with Gasteiger partial charge in [0.25, 0.3) is 0 Å². The number of aromatic nitrogens is 2. The first-order valence-corrected chi connectivity index (χ1v) is 8.96. The van der Waals surface area contributed by atoms with Gasteiger partial charge >= 0.3 is 0 Å². The fourth-order valence-corrected chi connectivity index (χ4v) is 3.81. The summed E-state index contributed by atoms with van der Waals surface area (Å²) in [5, 5.41) is 2.54. The molecule has 2 heteroatoms. The van der Waals surface area contributed by atoms with Gasteiger partial charge in [0, 0.05) is 23.8 Å². The standard InChI is InChI=1S/C24H23N2/c1-16-14-17(2)18(3)23(15-16)24-22-7-5-6-20(19-8-11-25-12-9-19)21(22)10-13-26(24)4/h5-15H,1-4H3/q+1. The number of fused-ring (bicyclic) bond motifs is 1. The molecule has 0 fully saturated rings. The van der Waals surface area contributed by atoms with Crippen molar-refractivity contribution in [1.29, 1.82) is 0 Å². The van der Waals surface area contributed by atoms with Gasteiger partial charge < -0.3 is 0 Å². The number of hydrogen-bond acceptors (Lipinski definition) is 1. The average molecular weight is 339 g/mol. The van der Waals surface area contributed by atoms with Crippen LogP contribution in [0.4, 0.5) is 0 Å². The predicted octanol–water partition coefficient (Wildman–Crippen LogP) is 5.32. The van der Waals surface area contributed by atoms with Crippen molar-refractivity contribution in [2.75, 3.05) is 0 Å². The summed E-state index contributed by atoms with van der Waals surface area (Å²) in [5.41, 5.74) is 8.99. The number of nitrogens with zero attached hydrogens (tertiary/aromatic N) is 2. The molecule has 0 saturated heterocycles. The van der Waals surface area contributed by atoms with Gasteiger partial charge in [-0.3, -0.25) is 4.98 Å². The molecule has 128 valence electrons. The van der Waals surface area contributed by atoms with E-state index in [0.29, 0.717) is 0 Å². The van der Waals surface area contributed by atoms with Gasteiger partial charge in [0.2, 0.25) is 5.69 Å². The minimum atomic E-state index is 1.20. The van der Waals surface area contributed by atoms with E-state index in [1.807, 2.05) is 12.4 Å². The number of aryl methyl sites for hydroxylation is 3. The van der Waals surface area contributed by atoms with Crippen LogP contribution < -0.4 is 4.57 Å². The Balaban J connectivity index is 2.08. The molecule has 0 atom stereocenters. The molecule has 4 rings (SSSR count). The molecule has 0 aliphatic carbocycles. The van der Waals surface area contributed by atoms with Gasteiger partial charge in [-0.05, 0) is 67.3 Å². The second-order valence-corrected chi connectivity index (χ2v) is 7.03. The molecule has 0 spiro atoms. The van der Waals surface area contributed by atoms with Crippen LogP contribution in [0.1, 0.15) is 16.7 Å². The van der Waals surface area contributed by atoms with Crippen molar-refractivity contribution in [3.63, 3.8) is 0 Å². The first kappa shape index (κ1) is 16.5. The minimum Gasteiger partial charge on any atom is -0.265 e. The van der Waals surface area contributed by atoms with Crippen molar-refractivity contribution in [3.05, 3.63) is 83.8 Å². The highest BCUT2D eigenvalue weighted by Gasteiger charge is 2.19. The lowest BCUT2D eigenvalue weighted by atomic mass is 9.92. The molecule has 0 N–H and O–H groups in total. The zero-order valence-corrected chi connectivity index (χ0v) is 15.7. The van der Waals surface area contributed by atoms with E-state index in [1.165, 1.54) is 49.8 Å². The number of hydrogen-bond donors (Lipinski definition) is 0. The zero-order valence-electron chi connectivity index (χ0n) is 15.7. The van der Waals surface area contributed by atoms with Gasteiger partial charge in [0.1, 0.15) is 7.05 Å². The third kappa shape index (κ3) is 2.68. The fraction of sp³-hybridized carbons (Fsp3) is 0.167. The van der Waals surface area contributed by atoms with Crippen molar-refractivity contribution < 1.29 is 4.57 Å². The summed E-state index contributed by atoms with van der Waals surface area (Å²) < 4.78 is 2.24. The molecule has 4 aromatic rings. The van der Waals surface area contributed by atoms with Gasteiger partial charge in [0.15, 0.2) is 6.20 Å². The van der Waals surface area contributed by atoms with Crippen LogP contribution in [0.3, 0.4) is 0 Å². The molecule has 2 heterocycles. The molecular formula is C24H23N2+. The maximum Gasteiger partial charge on any atom is 0.220 e. The van der Waals surface area contributed by atoms with Gasteiger partial charge in [-0.1, -0.05) is 23.8 Å². The number of benzene rings is 2. The summed E-state index contributed by atoms with van der Waals surface area (Å²) in [6.07, 6.45) is 5.87. The van der Waals surface area contributed by atoms with Crippen LogP contribution in [-0.4, -0.2) is 4.98 Å². The van der Waals surface area contributed by atoms with Gasteiger partial charge in [0.05, 0.1) is 10.9 Å². The Morgan fingerprint density at radius 1 is 0.808 bits per heavy atom. The van der Waals surface area contributed by atoms with Crippen LogP contribution in [0.25, 0.3) is 33.2 Å². The lowest BCUT2D eigenvalue weighted by Crippen LogP contribution is -2.31. The van der Waals surface area contributed by atoms with Crippen LogP contribution in [0.5, 0.6) is 0 Å². The Morgan fingerprint density at radius 2 is 1.58 bits per heavy atom. The lowest BCUT2D eigenvalue weighted by Gasteiger charge is -2.13. The number of rotatable bonds is 2. The Morgan fingerprint density at radius 3 is 2.35 bits per heavy atom. The van der Waals surface area contributed by atoms with Gasteiger partial charge in [-0.25, -0.2) is 4.57 Å². The maximum absolute atomic E-state index is 4.16. The molecular weight excluding hydrogens is 316 g/mol. The summed E-state index contributed by atoms with van der Waals surface area (Å²) in [7, 11) is 2.13. The van der Waals surface area contributed by atoms with Crippen molar-refractivity contribution in [2.24, 2.45) is 7.05 Å². The van der Waals surface area contributed by atoms with E-state index in [1.54, 1.807) is 0 Å². The van der Waals surface area contributed by atoms with E-state index in [0.717, 1.165) is 0 Å². The fourth-order valence-electron chi connectivity index (χ4n) is 3.81. The van der Waals surface area contributed by atoms with E-state index in [2.05, 4.69) is 92.1 Å². The topological polar surface area (TPSA) is 16.8 Å². The molecule has 0 saturated carbocycles. The summed E-state index contributed by atoms with van der Waals surface area (Å²) in [6, 6.07) is 17.5. The average Bonchev–Trinajstić information content (AvgIpc) is 2.65. The first-order chi connectivity index (χ1) is 12.6. The Hall–Kier alpha value is -3.00. The Bertz CT molecular complexity index is 1110. The highest BCUT2D eigenvalue weighted by Crippen LogP contribution is 2.34. The lowest BCUT2D eigenvalue weighted by molar-refractivity contribution is -0.659. The summed E-state index contributed by atoms with van der Waals surface area (Å²) in [6.45, 7) is 6.58. The van der Waals surface area contributed by atoms with Crippen LogP contribution in [0.15, 0.2) is 67.1 Å². The largest absolute Gasteiger partial charge is 0.265 e. The van der Waals surface area contributed by atoms with Gasteiger partial charge in [-0.15, -0.1) is 0 Å². The molecule has 0 radical (unpaired) electrons. The predicted molar refractivity (Wildman–Crippen MR) is 108 cm³/mol. The molecule has 2 aromatic heterocycles. The van der Waals surface area contributed by atoms with Crippen molar-refractivity contribution in [2.45, 2.75) is 20.8 Å². The SMILES string of the molecule is Cc1cc(C)c(C)c(-c2c3cccc(-c4ccncc4)c3cc[n+]2C)c1. The maximum atomic E-state index is 4.16. The molecule has 2 nitrogen and oxygen atoms in total. The normalized spacial score (nSPS) is 11.1. The second kappa shape index (κ2) is 6.38. The van der Waals surface area contributed by atoms with Crippen molar-refractivity contribution >= 4 is 10.8 Å². The van der Waals surface area contributed by atoms with E-state index in [-0.39, 0.29) is 0 Å². The minimum absolute atomic E-state index is 1.20. The molecule has 26 heavy (non-hydrogen) atoms. The van der Waals surface area contributed by atoms with E-state index in [4.69, 9.17) is 0 Å². The highest BCUT2D eigenvalue weighted by molar-refractivity contribution is 6.02. The van der Waals surface area contributed by atoms with Crippen molar-refractivity contribution in [1.82, 2.24) is 4.98 Å². The van der Waals surface area contributed by atoms with E-state index in [9.17, 15) is 0 Å². The van der Waals surface area contributed by atoms with Crippen LogP contribution in [0.2, 0.25) is 0 Å². The Labute approximate surface area is 154 Å². The molecule has 0 amide bonds. The third-order valence-electron chi connectivity index (χ3n) is 5.24. The zero-order chi connectivity index (χ0) is 18.3. The first-order valence-electron chi connectivity index (χ1n) is 8.96. The summed E-state index contributed by atoms with van der Waals surface area (Å²) in [4.78, 5) is 4.16. The molecule has 0 aliphatic heterocycles. The molecule has 2 aromatic carbocycles. The number of pyridine rings is 2. The van der Waals surface area contributed by atoms with E-state index < -0.39 is 0 Å². The summed E-state index contributed by atoms with van der Waals surface area (Å²) in [5.74, 6) is 0. The van der Waals surface area contributed by atoms with Crippen LogP contribution >= 0.6 is 0 Å². The molecule has 0 unspecified atom stereocenters. The highest BCUT2D eigenvalue weighted by atomic mass is 14.9. The monoisotopic (exact) mass is 339 g/mol. The van der Waals surface area contributed by atoms with E-state index >= 15 is 0 Å². The van der Waals surface area contributed by atoms with Crippen LogP contribution in [-0.2, 0) is 7.05 Å². The smallest absolute Gasteiger partial charge is 0.220 e. The van der Waals surface area contributed by atoms with Gasteiger partial charge in [-0.2, -0.15) is 0 Å². The Kier molecular flexibility index (Phi) is 4.04.